The van der Waals surface area contributed by atoms with Crippen molar-refractivity contribution in [1.29, 1.82) is 0 Å². The van der Waals surface area contributed by atoms with E-state index in [-0.39, 0.29) is 24.4 Å². The Kier molecular flexibility index (Phi) is 6.02. The van der Waals surface area contributed by atoms with Crippen molar-refractivity contribution >= 4 is 21.9 Å². The minimum absolute atomic E-state index is 0.104. The molecule has 0 aromatic rings. The predicted molar refractivity (Wildman–Crippen MR) is 67.3 cm³/mol. The van der Waals surface area contributed by atoms with Gasteiger partial charge >= 0.3 is 0 Å². The zero-order chi connectivity index (χ0) is 13.7. The highest BCUT2D eigenvalue weighted by molar-refractivity contribution is 7.92. The molecule has 0 bridgehead atoms. The minimum atomic E-state index is -3.27. The third-order valence-corrected chi connectivity index (χ3v) is 5.46. The van der Waals surface area contributed by atoms with Gasteiger partial charge in [-0.2, -0.15) is 0 Å². The number of carbonyl (C=O) groups excluding carboxylic acids is 2. The van der Waals surface area contributed by atoms with E-state index in [9.17, 15) is 18.0 Å². The third-order valence-electron chi connectivity index (χ3n) is 2.65. The number of rotatable bonds is 7. The summed E-state index contributed by atoms with van der Waals surface area (Å²) in [7, 11) is -3.27. The van der Waals surface area contributed by atoms with Gasteiger partial charge in [0, 0.05) is 18.8 Å². The Labute approximate surface area is 104 Å². The average molecular weight is 261 g/mol. The van der Waals surface area contributed by atoms with Gasteiger partial charge in [0.25, 0.3) is 0 Å². The van der Waals surface area contributed by atoms with Crippen LogP contribution in [0.2, 0.25) is 0 Å². The van der Waals surface area contributed by atoms with Crippen LogP contribution in [0.25, 0.3) is 0 Å². The maximum Gasteiger partial charge on any atom is 0.198 e. The Morgan fingerprint density at radius 2 is 1.82 bits per heavy atom. The van der Waals surface area contributed by atoms with Gasteiger partial charge in [-0.3, -0.25) is 9.59 Å². The van der Waals surface area contributed by atoms with Crippen LogP contribution in [0.1, 0.15) is 47.0 Å². The molecule has 0 aliphatic heterocycles. The summed E-state index contributed by atoms with van der Waals surface area (Å²) in [6.07, 6.45) is 2.63. The highest BCUT2D eigenvalue weighted by Gasteiger charge is 2.32. The van der Waals surface area contributed by atoms with Crippen LogP contribution in [0.4, 0.5) is 0 Å². The van der Waals surface area contributed by atoms with Crippen LogP contribution in [0.5, 0.6) is 0 Å². The third kappa shape index (κ3) is 5.44. The lowest BCUT2D eigenvalue weighted by Crippen LogP contribution is -2.34. The lowest BCUT2D eigenvalue weighted by molar-refractivity contribution is -0.121. The van der Waals surface area contributed by atoms with Gasteiger partial charge in [0.15, 0.2) is 16.1 Å². The molecule has 4 nitrogen and oxygen atoms in total. The largest absolute Gasteiger partial charge is 0.299 e. The molecule has 0 spiro atoms. The van der Waals surface area contributed by atoms with E-state index in [4.69, 9.17) is 0 Å². The fourth-order valence-electron chi connectivity index (χ4n) is 1.25. The summed E-state index contributed by atoms with van der Waals surface area (Å²) in [6.45, 7) is 6.50. The van der Waals surface area contributed by atoms with Crippen LogP contribution < -0.4 is 0 Å². The number of hydrogen-bond donors (Lipinski definition) is 0. The molecule has 0 rings (SSSR count). The van der Waals surface area contributed by atoms with Crippen LogP contribution in [0.3, 0.4) is 0 Å². The lowest BCUT2D eigenvalue weighted by Gasteiger charge is -2.21. The Bertz CT molecular complexity index is 362. The van der Waals surface area contributed by atoms with Crippen molar-refractivity contribution in [2.24, 2.45) is 5.92 Å². The van der Waals surface area contributed by atoms with E-state index in [0.717, 1.165) is 0 Å². The predicted octanol–water partition coefficient (Wildman–Crippen LogP) is 1.68. The number of Topliss-reactive ketones (excluding diaryl/α,β-unsaturated/α-hetero) is 1. The van der Waals surface area contributed by atoms with Crippen molar-refractivity contribution in [3.63, 3.8) is 0 Å². The summed E-state index contributed by atoms with van der Waals surface area (Å²) in [6, 6.07) is 0. The maximum absolute atomic E-state index is 11.9. The molecule has 0 heterocycles. The first-order valence-corrected chi connectivity index (χ1v) is 7.37. The summed E-state index contributed by atoms with van der Waals surface area (Å²) >= 11 is 0. The monoisotopic (exact) mass is 261 g/mol. The molecule has 0 aliphatic rings. The number of carbonyl (C=O) groups is 1. The number of ketones is 1. The van der Waals surface area contributed by atoms with E-state index in [2.05, 4.69) is 0 Å². The molecule has 0 aromatic heterocycles. The normalized spacial score (nSPS) is 14.4. The van der Waals surface area contributed by atoms with Crippen molar-refractivity contribution in [3.8, 4) is 0 Å². The minimum Gasteiger partial charge on any atom is -0.299 e. The molecular formula is C12H21O4S. The Morgan fingerprint density at radius 1 is 1.29 bits per heavy atom. The first-order valence-electron chi connectivity index (χ1n) is 5.72. The second-order valence-electron chi connectivity index (χ2n) is 5.26. The molecule has 0 saturated heterocycles. The van der Waals surface area contributed by atoms with Crippen molar-refractivity contribution in [2.75, 3.05) is 5.75 Å². The van der Waals surface area contributed by atoms with Crippen LogP contribution in [0.15, 0.2) is 0 Å². The van der Waals surface area contributed by atoms with Gasteiger partial charge in [0.05, 0.1) is 10.5 Å². The molecule has 0 amide bonds. The van der Waals surface area contributed by atoms with Gasteiger partial charge in [-0.1, -0.05) is 6.92 Å². The molecule has 5 heteroatoms. The molecular weight excluding hydrogens is 240 g/mol. The number of sulfone groups is 1. The summed E-state index contributed by atoms with van der Waals surface area (Å²) in [4.78, 5) is 21.6. The van der Waals surface area contributed by atoms with Crippen LogP contribution in [0, 0.1) is 5.92 Å². The van der Waals surface area contributed by atoms with E-state index < -0.39 is 20.5 Å². The first-order chi connectivity index (χ1) is 7.62. The van der Waals surface area contributed by atoms with Gasteiger partial charge in [-0.15, -0.1) is 0 Å². The van der Waals surface area contributed by atoms with Gasteiger partial charge in [0.1, 0.15) is 5.78 Å². The quantitative estimate of drug-likeness (QED) is 0.654. The van der Waals surface area contributed by atoms with Gasteiger partial charge in [-0.05, 0) is 27.2 Å². The Morgan fingerprint density at radius 3 is 2.24 bits per heavy atom. The van der Waals surface area contributed by atoms with E-state index in [1.54, 1.807) is 34.0 Å². The smallest absolute Gasteiger partial charge is 0.198 e. The average Bonchev–Trinajstić information content (AvgIpc) is 2.15. The highest BCUT2D eigenvalue weighted by atomic mass is 32.2. The van der Waals surface area contributed by atoms with E-state index in [1.165, 1.54) is 0 Å². The molecule has 0 saturated carbocycles. The van der Waals surface area contributed by atoms with Crippen molar-refractivity contribution in [3.05, 3.63) is 0 Å². The number of hydrogen-bond acceptors (Lipinski definition) is 4. The van der Waals surface area contributed by atoms with E-state index in [1.807, 2.05) is 0 Å². The zero-order valence-corrected chi connectivity index (χ0v) is 11.8. The van der Waals surface area contributed by atoms with E-state index >= 15 is 0 Å². The Hall–Kier alpha value is -0.710. The molecule has 0 N–H and O–H groups in total. The SMILES string of the molecule is CC(CS(=O)(=O)C(C)(C)C)C(=O)CCC[C]=O. The molecule has 1 radical (unpaired) electrons. The number of unbranched alkanes of at least 4 members (excludes halogenated alkanes) is 1. The molecule has 1 unspecified atom stereocenters. The zero-order valence-electron chi connectivity index (χ0n) is 10.9. The molecule has 17 heavy (non-hydrogen) atoms. The fraction of sp³-hybridized carbons (Fsp3) is 0.833. The maximum atomic E-state index is 11.9. The second-order valence-corrected chi connectivity index (χ2v) is 8.05. The topological polar surface area (TPSA) is 68.3 Å². The molecule has 0 fully saturated rings. The molecule has 0 aliphatic carbocycles. The first kappa shape index (κ1) is 16.3. The molecule has 0 aromatic carbocycles. The van der Waals surface area contributed by atoms with Gasteiger partial charge < -0.3 is 0 Å². The highest BCUT2D eigenvalue weighted by Crippen LogP contribution is 2.19. The standard InChI is InChI=1S/C12H21O4S/c1-10(11(14)7-5-6-8-13)9-17(15,16)12(2,3)4/h10H,5-7,9H2,1-4H3. The lowest BCUT2D eigenvalue weighted by atomic mass is 10.0. The van der Waals surface area contributed by atoms with E-state index in [0.29, 0.717) is 6.42 Å². The van der Waals surface area contributed by atoms with Crippen LogP contribution in [-0.2, 0) is 19.4 Å². The van der Waals surface area contributed by atoms with Gasteiger partial charge in [-0.25, -0.2) is 8.42 Å². The Balaban J connectivity index is 4.40. The second kappa shape index (κ2) is 6.28. The van der Waals surface area contributed by atoms with Crippen molar-refractivity contribution < 1.29 is 18.0 Å². The fourth-order valence-corrected chi connectivity index (χ4v) is 2.60. The summed E-state index contributed by atoms with van der Waals surface area (Å²) in [5, 5.41) is 0. The summed E-state index contributed by atoms with van der Waals surface area (Å²) < 4.78 is 22.9. The van der Waals surface area contributed by atoms with Crippen LogP contribution in [-0.4, -0.2) is 31.0 Å². The van der Waals surface area contributed by atoms with Crippen molar-refractivity contribution in [2.45, 2.75) is 51.7 Å². The van der Waals surface area contributed by atoms with Gasteiger partial charge in [0.2, 0.25) is 0 Å². The van der Waals surface area contributed by atoms with Crippen LogP contribution >= 0.6 is 0 Å². The van der Waals surface area contributed by atoms with Crippen molar-refractivity contribution in [1.82, 2.24) is 0 Å². The molecule has 1 atom stereocenters. The summed E-state index contributed by atoms with van der Waals surface area (Å²) in [5.41, 5.74) is 0. The summed E-state index contributed by atoms with van der Waals surface area (Å²) in [5.74, 6) is -0.737. The molecule has 99 valence electrons.